The fourth-order valence-electron chi connectivity index (χ4n) is 2.67. The summed E-state index contributed by atoms with van der Waals surface area (Å²) in [5.74, 6) is 0.167. The number of rotatable bonds is 4. The van der Waals surface area contributed by atoms with Gasteiger partial charge in [-0.25, -0.2) is 4.79 Å². The molecule has 0 bridgehead atoms. The fraction of sp³-hybridized carbons (Fsp3) is 0.692. The van der Waals surface area contributed by atoms with E-state index in [1.54, 1.807) is 0 Å². The van der Waals surface area contributed by atoms with Crippen molar-refractivity contribution in [2.24, 2.45) is 0 Å². The van der Waals surface area contributed by atoms with Gasteiger partial charge in [0.25, 0.3) is 0 Å². The third-order valence-electron chi connectivity index (χ3n) is 3.74. The first-order valence-electron chi connectivity index (χ1n) is 7.05. The maximum absolute atomic E-state index is 11.8. The lowest BCUT2D eigenvalue weighted by Crippen LogP contribution is -2.31. The van der Waals surface area contributed by atoms with E-state index in [0.29, 0.717) is 13.0 Å². The molecule has 8 nitrogen and oxygen atoms in total. The summed E-state index contributed by atoms with van der Waals surface area (Å²) in [5, 5.41) is 9.42. The van der Waals surface area contributed by atoms with E-state index in [-0.39, 0.29) is 24.8 Å². The number of ether oxygens (including phenoxy) is 3. The van der Waals surface area contributed by atoms with Crippen molar-refractivity contribution in [3.63, 3.8) is 0 Å². The van der Waals surface area contributed by atoms with E-state index in [0.717, 1.165) is 12.8 Å². The van der Waals surface area contributed by atoms with Crippen LogP contribution in [0.5, 0.6) is 0 Å². The zero-order valence-corrected chi connectivity index (χ0v) is 11.6. The molecule has 2 aliphatic heterocycles. The van der Waals surface area contributed by atoms with Crippen LogP contribution in [-0.2, 0) is 14.2 Å². The maximum Gasteiger partial charge on any atom is 0.351 e. The van der Waals surface area contributed by atoms with Crippen LogP contribution >= 0.6 is 0 Å². The minimum absolute atomic E-state index is 0.167. The molecule has 8 heteroatoms. The summed E-state index contributed by atoms with van der Waals surface area (Å²) >= 11 is 0. The Balaban J connectivity index is 1.72. The van der Waals surface area contributed by atoms with Crippen molar-refractivity contribution in [3.8, 4) is 0 Å². The summed E-state index contributed by atoms with van der Waals surface area (Å²) < 4.78 is 18.3. The molecule has 2 saturated heterocycles. The first kappa shape index (κ1) is 14.5. The molecule has 0 aliphatic carbocycles. The fourth-order valence-corrected chi connectivity index (χ4v) is 2.67. The van der Waals surface area contributed by atoms with Gasteiger partial charge in [-0.15, -0.1) is 0 Å². The topological polar surface area (TPSA) is 109 Å². The molecule has 21 heavy (non-hydrogen) atoms. The van der Waals surface area contributed by atoms with E-state index in [9.17, 15) is 9.90 Å². The summed E-state index contributed by atoms with van der Waals surface area (Å²) in [6, 6.07) is 1.53. The van der Waals surface area contributed by atoms with Gasteiger partial charge in [0.05, 0.1) is 12.7 Å². The van der Waals surface area contributed by atoms with Crippen molar-refractivity contribution in [2.75, 3.05) is 18.9 Å². The Bertz CT molecular complexity index is 543. The average molecular weight is 297 g/mol. The van der Waals surface area contributed by atoms with Gasteiger partial charge in [0.1, 0.15) is 18.1 Å². The van der Waals surface area contributed by atoms with Crippen LogP contribution in [0.4, 0.5) is 5.82 Å². The van der Waals surface area contributed by atoms with Gasteiger partial charge in [-0.2, -0.15) is 4.98 Å². The van der Waals surface area contributed by atoms with E-state index in [1.807, 2.05) is 0 Å². The predicted octanol–water partition coefficient (Wildman–Crippen LogP) is -0.373. The van der Waals surface area contributed by atoms with E-state index in [2.05, 4.69) is 4.98 Å². The Morgan fingerprint density at radius 1 is 1.57 bits per heavy atom. The van der Waals surface area contributed by atoms with Crippen molar-refractivity contribution in [1.29, 1.82) is 0 Å². The molecule has 4 atom stereocenters. The molecule has 2 aliphatic rings. The van der Waals surface area contributed by atoms with Gasteiger partial charge in [0, 0.05) is 25.6 Å². The van der Waals surface area contributed by atoms with Crippen molar-refractivity contribution in [1.82, 2.24) is 9.55 Å². The molecule has 0 radical (unpaired) electrons. The van der Waals surface area contributed by atoms with Gasteiger partial charge >= 0.3 is 5.69 Å². The molecule has 0 amide bonds. The van der Waals surface area contributed by atoms with E-state index >= 15 is 0 Å². The molecule has 0 spiro atoms. The quantitative estimate of drug-likeness (QED) is 0.780. The molecule has 0 aromatic carbocycles. The standard InChI is InChI=1S/C13H19N3O5/c14-10-3-4-16(13(18)15-10)11-6-8(9(7-17)20-11)21-12-2-1-5-19-12/h3-4,8-9,11-12,17H,1-2,5-7H2,(H2,14,15,18)/t8-,9+,11+,12?/m0/s1. The Hall–Kier alpha value is -1.48. The number of nitrogens with zero attached hydrogens (tertiary/aromatic N) is 2. The van der Waals surface area contributed by atoms with Crippen molar-refractivity contribution in [2.45, 2.75) is 44.0 Å². The van der Waals surface area contributed by atoms with Gasteiger partial charge in [0.15, 0.2) is 6.29 Å². The number of aliphatic hydroxyl groups excluding tert-OH is 1. The highest BCUT2D eigenvalue weighted by atomic mass is 16.7. The normalized spacial score (nSPS) is 32.6. The van der Waals surface area contributed by atoms with Crippen LogP contribution in [0, 0.1) is 0 Å². The van der Waals surface area contributed by atoms with Gasteiger partial charge in [-0.05, 0) is 12.5 Å². The lowest BCUT2D eigenvalue weighted by Gasteiger charge is -2.20. The van der Waals surface area contributed by atoms with Crippen molar-refractivity contribution in [3.05, 3.63) is 22.7 Å². The van der Waals surface area contributed by atoms with E-state index in [4.69, 9.17) is 19.9 Å². The molecule has 1 aromatic rings. The molecular formula is C13H19N3O5. The molecule has 3 rings (SSSR count). The van der Waals surface area contributed by atoms with Crippen LogP contribution in [-0.4, -0.2) is 46.4 Å². The number of hydrogen-bond acceptors (Lipinski definition) is 7. The number of aliphatic hydroxyl groups is 1. The lowest BCUT2D eigenvalue weighted by molar-refractivity contribution is -0.162. The molecule has 3 heterocycles. The summed E-state index contributed by atoms with van der Waals surface area (Å²) in [6.07, 6.45) is 2.22. The SMILES string of the molecule is Nc1ccn([C@H]2C[C@H](OC3CCCO3)[C@@H](CO)O2)c(=O)n1. The van der Waals surface area contributed by atoms with Gasteiger partial charge in [-0.1, -0.05) is 0 Å². The molecule has 3 N–H and O–H groups in total. The third-order valence-corrected chi connectivity index (χ3v) is 3.74. The molecule has 1 aromatic heterocycles. The highest BCUT2D eigenvalue weighted by Crippen LogP contribution is 2.31. The van der Waals surface area contributed by atoms with Crippen LogP contribution in [0.2, 0.25) is 0 Å². The highest BCUT2D eigenvalue weighted by molar-refractivity contribution is 5.23. The van der Waals surface area contributed by atoms with E-state index in [1.165, 1.54) is 16.8 Å². The van der Waals surface area contributed by atoms with Gasteiger partial charge < -0.3 is 25.1 Å². The van der Waals surface area contributed by atoms with Crippen LogP contribution in [0.25, 0.3) is 0 Å². The largest absolute Gasteiger partial charge is 0.394 e. The summed E-state index contributed by atoms with van der Waals surface area (Å²) in [6.45, 7) is 0.512. The van der Waals surface area contributed by atoms with Crippen LogP contribution in [0.15, 0.2) is 17.1 Å². The lowest BCUT2D eigenvalue weighted by atomic mass is 10.2. The molecular weight excluding hydrogens is 278 g/mol. The minimum Gasteiger partial charge on any atom is -0.394 e. The molecule has 2 fully saturated rings. The zero-order chi connectivity index (χ0) is 14.8. The number of hydrogen-bond donors (Lipinski definition) is 2. The van der Waals surface area contributed by atoms with Crippen LogP contribution in [0.3, 0.4) is 0 Å². The summed E-state index contributed by atoms with van der Waals surface area (Å²) in [4.78, 5) is 15.5. The highest BCUT2D eigenvalue weighted by Gasteiger charge is 2.39. The number of aromatic nitrogens is 2. The first-order valence-corrected chi connectivity index (χ1v) is 7.05. The average Bonchev–Trinajstić information content (AvgIpc) is 3.09. The Morgan fingerprint density at radius 3 is 3.10 bits per heavy atom. The summed E-state index contributed by atoms with van der Waals surface area (Å²) in [7, 11) is 0. The predicted molar refractivity (Wildman–Crippen MR) is 72.4 cm³/mol. The second kappa shape index (κ2) is 6.10. The monoisotopic (exact) mass is 297 g/mol. The first-order chi connectivity index (χ1) is 10.2. The minimum atomic E-state index is -0.519. The smallest absolute Gasteiger partial charge is 0.351 e. The summed E-state index contributed by atoms with van der Waals surface area (Å²) in [5.41, 5.74) is 4.99. The molecule has 0 saturated carbocycles. The molecule has 1 unspecified atom stereocenters. The van der Waals surface area contributed by atoms with Crippen molar-refractivity contribution < 1.29 is 19.3 Å². The van der Waals surface area contributed by atoms with E-state index < -0.39 is 18.0 Å². The second-order valence-electron chi connectivity index (χ2n) is 5.21. The number of nitrogen functional groups attached to an aromatic ring is 1. The van der Waals surface area contributed by atoms with Crippen LogP contribution in [0.1, 0.15) is 25.5 Å². The Labute approximate surface area is 121 Å². The second-order valence-corrected chi connectivity index (χ2v) is 5.21. The van der Waals surface area contributed by atoms with Crippen LogP contribution < -0.4 is 11.4 Å². The number of nitrogens with two attached hydrogens (primary N) is 1. The van der Waals surface area contributed by atoms with Crippen molar-refractivity contribution >= 4 is 5.82 Å². The third kappa shape index (κ3) is 3.08. The Morgan fingerprint density at radius 2 is 2.43 bits per heavy atom. The zero-order valence-electron chi connectivity index (χ0n) is 11.6. The molecule has 116 valence electrons. The van der Waals surface area contributed by atoms with Gasteiger partial charge in [-0.3, -0.25) is 4.57 Å². The van der Waals surface area contributed by atoms with Gasteiger partial charge in [0.2, 0.25) is 0 Å². The number of anilines is 1. The maximum atomic E-state index is 11.8. The Kier molecular flexibility index (Phi) is 4.20.